The maximum Gasteiger partial charge on any atom is 0.344 e. The second-order valence-electron chi connectivity index (χ2n) is 8.47. The highest BCUT2D eigenvalue weighted by atomic mass is 79.9. The van der Waals surface area contributed by atoms with Crippen LogP contribution in [-0.4, -0.2) is 29.1 Å². The summed E-state index contributed by atoms with van der Waals surface area (Å²) >= 11 is 16.3. The lowest BCUT2D eigenvalue weighted by Crippen LogP contribution is -2.27. The summed E-state index contributed by atoms with van der Waals surface area (Å²) in [7, 11) is 1.45. The van der Waals surface area contributed by atoms with E-state index in [0.29, 0.717) is 31.2 Å². The second kappa shape index (κ2) is 11.4. The van der Waals surface area contributed by atoms with Gasteiger partial charge in [0.25, 0.3) is 11.1 Å². The van der Waals surface area contributed by atoms with Crippen LogP contribution >= 0.6 is 50.9 Å². The fraction of sp³-hybridized carbons (Fsp3) is 0.0690. The Hall–Kier alpha value is -3.30. The highest BCUT2D eigenvalue weighted by Crippen LogP contribution is 2.40. The number of halogens is 3. The lowest BCUT2D eigenvalue weighted by molar-refractivity contribution is -0.123. The van der Waals surface area contributed by atoms with Crippen molar-refractivity contribution in [2.24, 2.45) is 0 Å². The number of carbonyl (C=O) groups excluding carboxylic acids is 3. The molecule has 5 rings (SSSR count). The SMILES string of the molecule is COc1cc(/C=C2\SC(=O)N(Cc3ccc(Cl)c(Cl)c3)C2=O)cc(Br)c1OC(=O)c1cccc2ccccc12. The lowest BCUT2D eigenvalue weighted by atomic mass is 10.0. The minimum absolute atomic E-state index is 0.0645. The molecule has 1 saturated heterocycles. The van der Waals surface area contributed by atoms with Gasteiger partial charge in [-0.25, -0.2) is 4.79 Å². The van der Waals surface area contributed by atoms with Crippen LogP contribution in [-0.2, 0) is 11.3 Å². The number of esters is 1. The number of benzene rings is 4. The number of amides is 2. The monoisotopic (exact) mass is 641 g/mol. The van der Waals surface area contributed by atoms with Gasteiger partial charge in [-0.2, -0.15) is 0 Å². The molecule has 0 atom stereocenters. The molecule has 2 amide bonds. The molecule has 0 radical (unpaired) electrons. The molecule has 0 aromatic heterocycles. The average Bonchev–Trinajstić information content (AvgIpc) is 3.18. The van der Waals surface area contributed by atoms with Crippen molar-refractivity contribution in [2.45, 2.75) is 6.54 Å². The zero-order valence-electron chi connectivity index (χ0n) is 20.2. The van der Waals surface area contributed by atoms with Crippen molar-refractivity contribution in [1.29, 1.82) is 0 Å². The van der Waals surface area contributed by atoms with Gasteiger partial charge in [0.1, 0.15) is 0 Å². The number of hydrogen-bond donors (Lipinski definition) is 0. The van der Waals surface area contributed by atoms with Crippen molar-refractivity contribution in [1.82, 2.24) is 4.90 Å². The average molecular weight is 643 g/mol. The summed E-state index contributed by atoms with van der Waals surface area (Å²) in [5.41, 5.74) is 1.67. The Morgan fingerprint density at radius 2 is 1.77 bits per heavy atom. The number of methoxy groups -OCH3 is 1. The predicted octanol–water partition coefficient (Wildman–Crippen LogP) is 8.37. The maximum absolute atomic E-state index is 13.1. The number of fused-ring (bicyclic) bond motifs is 1. The first-order valence-corrected chi connectivity index (χ1v) is 13.9. The van der Waals surface area contributed by atoms with Crippen LogP contribution in [0.4, 0.5) is 4.79 Å². The number of rotatable bonds is 6. The van der Waals surface area contributed by atoms with Crippen molar-refractivity contribution >= 4 is 84.9 Å². The molecule has 1 heterocycles. The van der Waals surface area contributed by atoms with E-state index in [2.05, 4.69) is 15.9 Å². The molecule has 10 heteroatoms. The normalized spacial score (nSPS) is 14.4. The maximum atomic E-state index is 13.1. The van der Waals surface area contributed by atoms with Gasteiger partial charge in [-0.3, -0.25) is 14.5 Å². The van der Waals surface area contributed by atoms with E-state index < -0.39 is 17.1 Å². The molecule has 0 saturated carbocycles. The molecule has 1 aliphatic heterocycles. The number of carbonyl (C=O) groups is 3. The van der Waals surface area contributed by atoms with Gasteiger partial charge >= 0.3 is 5.97 Å². The van der Waals surface area contributed by atoms with Gasteiger partial charge in [-0.1, -0.05) is 65.7 Å². The third-order valence-corrected chi connectivity index (χ3v) is 8.19. The molecule has 0 unspecified atom stereocenters. The van der Waals surface area contributed by atoms with Crippen LogP contribution in [0.25, 0.3) is 16.8 Å². The second-order valence-corrected chi connectivity index (χ2v) is 11.1. The van der Waals surface area contributed by atoms with E-state index in [1.807, 2.05) is 30.3 Å². The largest absolute Gasteiger partial charge is 0.493 e. The molecular weight excluding hydrogens is 625 g/mol. The molecule has 0 aliphatic carbocycles. The standard InChI is InChI=1S/C29H18BrCl2NO5S/c1-37-24-13-17(14-25-27(34)33(29(36)39-25)15-16-9-10-22(31)23(32)12-16)11-21(30)26(24)38-28(35)20-8-4-6-18-5-2-3-7-19(18)20/h2-14H,15H2,1H3/b25-14-. The lowest BCUT2D eigenvalue weighted by Gasteiger charge is -2.14. The van der Waals surface area contributed by atoms with Crippen molar-refractivity contribution in [2.75, 3.05) is 7.11 Å². The molecule has 196 valence electrons. The van der Waals surface area contributed by atoms with Gasteiger partial charge in [0, 0.05) is 0 Å². The summed E-state index contributed by atoms with van der Waals surface area (Å²) in [6, 6.07) is 21.2. The van der Waals surface area contributed by atoms with E-state index >= 15 is 0 Å². The van der Waals surface area contributed by atoms with Crippen molar-refractivity contribution in [3.05, 3.63) is 109 Å². The first-order chi connectivity index (χ1) is 18.7. The predicted molar refractivity (Wildman–Crippen MR) is 158 cm³/mol. The molecule has 4 aromatic carbocycles. The molecule has 0 bridgehead atoms. The Morgan fingerprint density at radius 1 is 1.00 bits per heavy atom. The van der Waals surface area contributed by atoms with Crippen molar-refractivity contribution in [3.8, 4) is 11.5 Å². The van der Waals surface area contributed by atoms with Gasteiger partial charge in [0.2, 0.25) is 0 Å². The number of hydrogen-bond acceptors (Lipinski definition) is 6. The summed E-state index contributed by atoms with van der Waals surface area (Å²) in [4.78, 5) is 40.1. The number of thioether (sulfide) groups is 1. The van der Waals surface area contributed by atoms with E-state index in [0.717, 1.165) is 27.4 Å². The molecule has 4 aromatic rings. The molecule has 6 nitrogen and oxygen atoms in total. The summed E-state index contributed by atoms with van der Waals surface area (Å²) in [5.74, 6) is -0.501. The van der Waals surface area contributed by atoms with E-state index in [1.165, 1.54) is 7.11 Å². The van der Waals surface area contributed by atoms with Crippen LogP contribution in [0.2, 0.25) is 10.0 Å². The van der Waals surface area contributed by atoms with E-state index in [1.54, 1.807) is 48.5 Å². The van der Waals surface area contributed by atoms with Crippen molar-refractivity contribution < 1.29 is 23.9 Å². The quantitative estimate of drug-likeness (QED) is 0.120. The van der Waals surface area contributed by atoms with E-state index in [4.69, 9.17) is 32.7 Å². The summed E-state index contributed by atoms with van der Waals surface area (Å²) in [6.07, 6.45) is 1.59. The smallest absolute Gasteiger partial charge is 0.344 e. The van der Waals surface area contributed by atoms with E-state index in [9.17, 15) is 14.4 Å². The Balaban J connectivity index is 1.39. The highest BCUT2D eigenvalue weighted by molar-refractivity contribution is 9.10. The first-order valence-electron chi connectivity index (χ1n) is 11.5. The molecule has 1 aliphatic rings. The van der Waals surface area contributed by atoms with Crippen LogP contribution < -0.4 is 9.47 Å². The summed E-state index contributed by atoms with van der Waals surface area (Å²) in [5, 5.41) is 2.02. The third-order valence-electron chi connectivity index (χ3n) is 5.95. The highest BCUT2D eigenvalue weighted by Gasteiger charge is 2.35. The Kier molecular flexibility index (Phi) is 8.00. The van der Waals surface area contributed by atoms with Crippen LogP contribution in [0.15, 0.2) is 82.2 Å². The fourth-order valence-electron chi connectivity index (χ4n) is 4.08. The Bertz CT molecular complexity index is 1680. The first kappa shape index (κ1) is 27.3. The molecule has 0 spiro atoms. The summed E-state index contributed by atoms with van der Waals surface area (Å²) < 4.78 is 11.7. The molecular formula is C29H18BrCl2NO5S. The third kappa shape index (κ3) is 5.70. The van der Waals surface area contributed by atoms with Gasteiger partial charge < -0.3 is 9.47 Å². The van der Waals surface area contributed by atoms with Gasteiger partial charge in [-0.15, -0.1) is 0 Å². The van der Waals surface area contributed by atoms with Crippen molar-refractivity contribution in [3.63, 3.8) is 0 Å². The number of nitrogens with zero attached hydrogens (tertiary/aromatic N) is 1. The van der Waals surface area contributed by atoms with Crippen LogP contribution in [0, 0.1) is 0 Å². The minimum Gasteiger partial charge on any atom is -0.493 e. The van der Waals surface area contributed by atoms with Crippen LogP contribution in [0.3, 0.4) is 0 Å². The minimum atomic E-state index is -0.540. The van der Waals surface area contributed by atoms with Crippen LogP contribution in [0.5, 0.6) is 11.5 Å². The zero-order valence-corrected chi connectivity index (χ0v) is 24.2. The van der Waals surface area contributed by atoms with Gasteiger partial charge in [-0.05, 0) is 86.0 Å². The summed E-state index contributed by atoms with van der Waals surface area (Å²) in [6.45, 7) is 0.0645. The zero-order chi connectivity index (χ0) is 27.7. The molecule has 39 heavy (non-hydrogen) atoms. The Morgan fingerprint density at radius 3 is 2.54 bits per heavy atom. The number of ether oxygens (including phenoxy) is 2. The molecule has 0 N–H and O–H groups in total. The Labute approximate surface area is 246 Å². The molecule has 1 fully saturated rings. The van der Waals surface area contributed by atoms with Gasteiger partial charge in [0.15, 0.2) is 11.5 Å². The fourth-order valence-corrected chi connectivity index (χ4v) is 5.78. The number of imide groups is 1. The van der Waals surface area contributed by atoms with Gasteiger partial charge in [0.05, 0.1) is 38.6 Å². The van der Waals surface area contributed by atoms with Crippen LogP contribution in [0.1, 0.15) is 21.5 Å². The van der Waals surface area contributed by atoms with E-state index in [-0.39, 0.29) is 22.9 Å². The topological polar surface area (TPSA) is 72.9 Å².